The van der Waals surface area contributed by atoms with E-state index in [-0.39, 0.29) is 35.5 Å². The highest BCUT2D eigenvalue weighted by Crippen LogP contribution is 2.33. The lowest BCUT2D eigenvalue weighted by atomic mass is 9.95. The molecule has 3 aliphatic rings. The summed E-state index contributed by atoms with van der Waals surface area (Å²) in [7, 11) is 0. The summed E-state index contributed by atoms with van der Waals surface area (Å²) in [6.45, 7) is 0.385. The largest absolute Gasteiger partial charge is 0.353 e. The zero-order chi connectivity index (χ0) is 22.2. The van der Waals surface area contributed by atoms with Crippen LogP contribution in [0, 0.1) is 11.7 Å². The van der Waals surface area contributed by atoms with E-state index in [4.69, 9.17) is 0 Å². The van der Waals surface area contributed by atoms with Gasteiger partial charge in [-0.25, -0.2) is 4.39 Å². The molecule has 2 aliphatic heterocycles. The predicted molar refractivity (Wildman–Crippen MR) is 118 cm³/mol. The zero-order valence-electron chi connectivity index (χ0n) is 17.8. The number of piperidine rings is 1. The second kappa shape index (κ2) is 8.37. The van der Waals surface area contributed by atoms with Crippen LogP contribution < -0.4 is 10.6 Å². The smallest absolute Gasteiger partial charge is 0.256 e. The van der Waals surface area contributed by atoms with E-state index in [1.165, 1.54) is 6.07 Å². The average Bonchev–Trinajstić information content (AvgIpc) is 3.31. The summed E-state index contributed by atoms with van der Waals surface area (Å²) < 4.78 is 14.3. The van der Waals surface area contributed by atoms with Crippen LogP contribution in [0.15, 0.2) is 42.5 Å². The molecule has 32 heavy (non-hydrogen) atoms. The van der Waals surface area contributed by atoms with Crippen molar-refractivity contribution in [3.63, 3.8) is 0 Å². The quantitative estimate of drug-likeness (QED) is 0.771. The molecule has 2 heterocycles. The van der Waals surface area contributed by atoms with Crippen molar-refractivity contribution in [1.82, 2.24) is 10.2 Å². The molecule has 2 N–H and O–H groups in total. The van der Waals surface area contributed by atoms with E-state index < -0.39 is 6.04 Å². The van der Waals surface area contributed by atoms with E-state index in [0.717, 1.165) is 25.7 Å². The Labute approximate surface area is 186 Å². The molecule has 2 fully saturated rings. The average molecular weight is 435 g/mol. The summed E-state index contributed by atoms with van der Waals surface area (Å²) >= 11 is 0. The van der Waals surface area contributed by atoms with E-state index in [9.17, 15) is 18.8 Å². The number of amides is 3. The molecule has 1 aliphatic carbocycles. The topological polar surface area (TPSA) is 78.5 Å². The molecule has 166 valence electrons. The minimum atomic E-state index is -0.644. The van der Waals surface area contributed by atoms with Crippen LogP contribution in [0.4, 0.5) is 10.1 Å². The van der Waals surface area contributed by atoms with Crippen molar-refractivity contribution in [2.24, 2.45) is 5.92 Å². The lowest BCUT2D eigenvalue weighted by molar-refractivity contribution is -0.127. The van der Waals surface area contributed by atoms with Gasteiger partial charge in [-0.2, -0.15) is 0 Å². The highest BCUT2D eigenvalue weighted by molar-refractivity contribution is 6.10. The van der Waals surface area contributed by atoms with Crippen molar-refractivity contribution < 1.29 is 18.8 Å². The fraction of sp³-hybridized carbons (Fsp3) is 0.400. The lowest BCUT2D eigenvalue weighted by Gasteiger charge is -2.37. The first-order valence-electron chi connectivity index (χ1n) is 11.3. The Balaban J connectivity index is 1.37. The first kappa shape index (κ1) is 20.7. The number of hydrogen-bond acceptors (Lipinski definition) is 3. The maximum Gasteiger partial charge on any atom is 0.256 e. The number of nitrogens with zero attached hydrogens (tertiary/aromatic N) is 1. The third kappa shape index (κ3) is 3.76. The van der Waals surface area contributed by atoms with Gasteiger partial charge in [0.05, 0.1) is 11.3 Å². The van der Waals surface area contributed by atoms with Crippen LogP contribution in [0.5, 0.6) is 0 Å². The van der Waals surface area contributed by atoms with Gasteiger partial charge in [0.1, 0.15) is 11.9 Å². The van der Waals surface area contributed by atoms with Crippen molar-refractivity contribution in [3.8, 4) is 11.1 Å². The lowest BCUT2D eigenvalue weighted by Crippen LogP contribution is -2.55. The predicted octanol–water partition coefficient (Wildman–Crippen LogP) is 3.72. The van der Waals surface area contributed by atoms with E-state index in [1.54, 1.807) is 41.3 Å². The van der Waals surface area contributed by atoms with Crippen molar-refractivity contribution in [3.05, 3.63) is 53.8 Å². The van der Waals surface area contributed by atoms with Gasteiger partial charge >= 0.3 is 0 Å². The number of benzene rings is 2. The van der Waals surface area contributed by atoms with Crippen LogP contribution in [0.2, 0.25) is 0 Å². The fourth-order valence-electron chi connectivity index (χ4n) is 5.16. The van der Waals surface area contributed by atoms with Crippen molar-refractivity contribution in [1.29, 1.82) is 0 Å². The fourth-order valence-corrected chi connectivity index (χ4v) is 5.16. The van der Waals surface area contributed by atoms with Crippen LogP contribution in [0.3, 0.4) is 0 Å². The van der Waals surface area contributed by atoms with Crippen LogP contribution in [0.1, 0.15) is 48.9 Å². The molecule has 5 rings (SSSR count). The summed E-state index contributed by atoms with van der Waals surface area (Å²) in [6, 6.07) is 10.6. The summed E-state index contributed by atoms with van der Waals surface area (Å²) in [6.07, 6.45) is 5.02. The van der Waals surface area contributed by atoms with Gasteiger partial charge in [0.2, 0.25) is 11.8 Å². The third-order valence-electron chi connectivity index (χ3n) is 6.93. The van der Waals surface area contributed by atoms with Crippen molar-refractivity contribution in [2.75, 3.05) is 11.9 Å². The van der Waals surface area contributed by atoms with E-state index in [1.807, 2.05) is 0 Å². The van der Waals surface area contributed by atoms with Gasteiger partial charge in [-0.1, -0.05) is 37.1 Å². The van der Waals surface area contributed by atoms with Gasteiger partial charge in [0.25, 0.3) is 5.91 Å². The second-order valence-corrected chi connectivity index (χ2v) is 8.96. The summed E-state index contributed by atoms with van der Waals surface area (Å²) in [5.74, 6) is -0.732. The minimum Gasteiger partial charge on any atom is -0.353 e. The highest BCUT2D eigenvalue weighted by atomic mass is 19.1. The Morgan fingerprint density at radius 1 is 1.03 bits per heavy atom. The number of anilines is 1. The Bertz CT molecular complexity index is 1080. The molecule has 7 heteroatoms. The van der Waals surface area contributed by atoms with E-state index in [0.29, 0.717) is 41.8 Å². The van der Waals surface area contributed by atoms with Gasteiger partial charge < -0.3 is 15.5 Å². The molecule has 1 saturated heterocycles. The number of halogens is 1. The monoisotopic (exact) mass is 435 g/mol. The van der Waals surface area contributed by atoms with E-state index in [2.05, 4.69) is 10.6 Å². The molecule has 2 atom stereocenters. The highest BCUT2D eigenvalue weighted by Gasteiger charge is 2.40. The number of nitrogens with one attached hydrogen (secondary N) is 2. The van der Waals surface area contributed by atoms with Gasteiger partial charge in [-0.15, -0.1) is 0 Å². The normalized spacial score (nSPS) is 23.2. The first-order chi connectivity index (χ1) is 15.5. The number of carbonyl (C=O) groups excluding carboxylic acids is 3. The maximum atomic E-state index is 14.3. The Morgan fingerprint density at radius 2 is 1.81 bits per heavy atom. The molecular formula is C25H26FN3O3. The zero-order valence-corrected chi connectivity index (χ0v) is 17.8. The molecule has 2 aromatic carbocycles. The van der Waals surface area contributed by atoms with Crippen LogP contribution >= 0.6 is 0 Å². The number of carbonyl (C=O) groups is 3. The molecule has 0 radical (unpaired) electrons. The molecular weight excluding hydrogens is 409 g/mol. The summed E-state index contributed by atoms with van der Waals surface area (Å²) in [5, 5.41) is 5.98. The van der Waals surface area contributed by atoms with Gasteiger partial charge in [0.15, 0.2) is 0 Å². The van der Waals surface area contributed by atoms with Gasteiger partial charge in [0, 0.05) is 24.1 Å². The number of hydrogen-bond donors (Lipinski definition) is 2. The minimum absolute atomic E-state index is 0.0682. The van der Waals surface area contributed by atoms with Gasteiger partial charge in [-0.05, 0) is 49.4 Å². The molecule has 3 amide bonds. The molecule has 1 saturated carbocycles. The van der Waals surface area contributed by atoms with Crippen molar-refractivity contribution in [2.45, 2.75) is 50.6 Å². The second-order valence-electron chi connectivity index (χ2n) is 8.96. The molecule has 0 bridgehead atoms. The molecule has 2 unspecified atom stereocenters. The third-order valence-corrected chi connectivity index (χ3v) is 6.93. The molecule has 0 aromatic heterocycles. The number of rotatable bonds is 3. The standard InChI is InChI=1S/C25H26FN3O3/c26-20-8-4-3-7-18(20)16-9-10-21-19(13-16)25(32)29-12-11-17(14-22(29)24(31)28-21)27-23(30)15-5-1-2-6-15/h3-4,7-10,13,15,17,22H,1-2,5-6,11-12,14H2,(H,27,30)(H,28,31). The van der Waals surface area contributed by atoms with Crippen molar-refractivity contribution >= 4 is 23.4 Å². The first-order valence-corrected chi connectivity index (χ1v) is 11.3. The van der Waals surface area contributed by atoms with Crippen LogP contribution in [0.25, 0.3) is 11.1 Å². The Kier molecular flexibility index (Phi) is 5.41. The molecule has 2 aromatic rings. The number of fused-ring (bicyclic) bond motifs is 2. The summed E-state index contributed by atoms with van der Waals surface area (Å²) in [4.78, 5) is 40.5. The SMILES string of the molecule is O=C(NC1CCN2C(=O)c3cc(-c4ccccc4F)ccc3NC(=O)C2C1)C1CCCC1. The van der Waals surface area contributed by atoms with E-state index >= 15 is 0 Å². The van der Waals surface area contributed by atoms with Crippen LogP contribution in [-0.4, -0.2) is 41.2 Å². The maximum absolute atomic E-state index is 14.3. The van der Waals surface area contributed by atoms with Crippen LogP contribution in [-0.2, 0) is 9.59 Å². The van der Waals surface area contributed by atoms with Gasteiger partial charge in [-0.3, -0.25) is 14.4 Å². The molecule has 6 nitrogen and oxygen atoms in total. The summed E-state index contributed by atoms with van der Waals surface area (Å²) in [5.41, 5.74) is 1.78. The Morgan fingerprint density at radius 3 is 2.59 bits per heavy atom. The molecule has 0 spiro atoms. The Hall–Kier alpha value is -3.22.